The summed E-state index contributed by atoms with van der Waals surface area (Å²) in [6.45, 7) is 2.35. The molecule has 3 aromatic rings. The molecule has 3 rings (SSSR count). The topological polar surface area (TPSA) is 40.7 Å². The van der Waals surface area contributed by atoms with E-state index in [-0.39, 0.29) is 6.04 Å². The maximum absolute atomic E-state index is 13.7. The number of hydrogen-bond donors (Lipinski definition) is 2. The quantitative estimate of drug-likeness (QED) is 0.768. The molecule has 0 aliphatic heterocycles. The number of rotatable bonds is 4. The third kappa shape index (κ3) is 2.78. The number of aromatic amines is 1. The Kier molecular flexibility index (Phi) is 3.66. The average Bonchev–Trinajstić information content (AvgIpc) is 2.90. The second-order valence-electron chi connectivity index (χ2n) is 4.98. The highest BCUT2D eigenvalue weighted by molar-refractivity contribution is 5.79. The lowest BCUT2D eigenvalue weighted by molar-refractivity contribution is 0.519. The highest BCUT2D eigenvalue weighted by Crippen LogP contribution is 2.20. The van der Waals surface area contributed by atoms with E-state index in [1.54, 1.807) is 6.20 Å². The van der Waals surface area contributed by atoms with Crippen molar-refractivity contribution in [2.45, 2.75) is 19.5 Å². The van der Waals surface area contributed by atoms with Crippen molar-refractivity contribution in [1.29, 1.82) is 0 Å². The third-order valence-corrected chi connectivity index (χ3v) is 3.56. The van der Waals surface area contributed by atoms with E-state index in [1.165, 1.54) is 6.07 Å². The summed E-state index contributed by atoms with van der Waals surface area (Å²) in [5.74, 6) is -0.840. The Labute approximate surface area is 121 Å². The molecule has 1 unspecified atom stereocenters. The van der Waals surface area contributed by atoms with Gasteiger partial charge in [-0.25, -0.2) is 13.8 Å². The van der Waals surface area contributed by atoms with Gasteiger partial charge in [-0.3, -0.25) is 0 Å². The summed E-state index contributed by atoms with van der Waals surface area (Å²) in [6.07, 6.45) is 3.60. The number of nitrogens with one attached hydrogen (secondary N) is 2. The van der Waals surface area contributed by atoms with Gasteiger partial charge in [0.05, 0.1) is 0 Å². The molecule has 0 saturated heterocycles. The largest absolute Gasteiger partial charge is 0.346 e. The van der Waals surface area contributed by atoms with Crippen molar-refractivity contribution in [3.63, 3.8) is 0 Å². The molecule has 0 radical (unpaired) electrons. The Bertz CT molecular complexity index is 767. The number of pyridine rings is 1. The molecule has 3 nitrogen and oxygen atoms in total. The maximum Gasteiger partial charge on any atom is 0.137 e. The Balaban J connectivity index is 1.76. The normalized spacial score (nSPS) is 12.7. The molecule has 1 atom stereocenters. The van der Waals surface area contributed by atoms with E-state index in [0.29, 0.717) is 12.1 Å². The van der Waals surface area contributed by atoms with Gasteiger partial charge in [0.15, 0.2) is 0 Å². The summed E-state index contributed by atoms with van der Waals surface area (Å²) < 4.78 is 26.9. The van der Waals surface area contributed by atoms with Crippen LogP contribution in [0.25, 0.3) is 11.0 Å². The van der Waals surface area contributed by atoms with Gasteiger partial charge in [0.25, 0.3) is 0 Å². The molecule has 0 spiro atoms. The number of H-pyrrole nitrogens is 1. The summed E-state index contributed by atoms with van der Waals surface area (Å²) in [4.78, 5) is 7.31. The predicted molar refractivity (Wildman–Crippen MR) is 77.7 cm³/mol. The minimum absolute atomic E-state index is 0.290. The van der Waals surface area contributed by atoms with Crippen molar-refractivity contribution in [3.05, 3.63) is 65.5 Å². The second-order valence-corrected chi connectivity index (χ2v) is 4.98. The third-order valence-electron chi connectivity index (χ3n) is 3.56. The van der Waals surface area contributed by atoms with E-state index in [0.717, 1.165) is 28.7 Å². The zero-order valence-electron chi connectivity index (χ0n) is 11.5. The van der Waals surface area contributed by atoms with Crippen LogP contribution in [0.1, 0.15) is 24.1 Å². The van der Waals surface area contributed by atoms with Gasteiger partial charge in [0.2, 0.25) is 0 Å². The van der Waals surface area contributed by atoms with Gasteiger partial charge >= 0.3 is 0 Å². The van der Waals surface area contributed by atoms with Crippen molar-refractivity contribution >= 4 is 11.0 Å². The fourth-order valence-corrected chi connectivity index (χ4v) is 2.38. The molecule has 0 amide bonds. The molecular weight excluding hydrogens is 272 g/mol. The summed E-state index contributed by atoms with van der Waals surface area (Å²) in [5.41, 5.74) is 2.19. The van der Waals surface area contributed by atoms with Crippen LogP contribution in [0, 0.1) is 11.6 Å². The van der Waals surface area contributed by atoms with Crippen LogP contribution in [0.4, 0.5) is 8.78 Å². The van der Waals surface area contributed by atoms with Crippen LogP contribution in [0.2, 0.25) is 0 Å². The fourth-order valence-electron chi connectivity index (χ4n) is 2.38. The van der Waals surface area contributed by atoms with E-state index < -0.39 is 11.6 Å². The smallest absolute Gasteiger partial charge is 0.137 e. The van der Waals surface area contributed by atoms with Crippen molar-refractivity contribution < 1.29 is 8.78 Å². The Morgan fingerprint density at radius 3 is 3.00 bits per heavy atom. The van der Waals surface area contributed by atoms with Gasteiger partial charge in [-0.05, 0) is 42.8 Å². The average molecular weight is 287 g/mol. The van der Waals surface area contributed by atoms with Crippen molar-refractivity contribution in [3.8, 4) is 0 Å². The predicted octanol–water partition coefficient (Wildman–Crippen LogP) is 3.69. The minimum Gasteiger partial charge on any atom is -0.346 e. The van der Waals surface area contributed by atoms with E-state index in [1.807, 2.05) is 25.3 Å². The molecule has 108 valence electrons. The van der Waals surface area contributed by atoms with Crippen LogP contribution in [0.3, 0.4) is 0 Å². The molecule has 0 bridgehead atoms. The minimum atomic E-state index is -0.434. The molecule has 5 heteroatoms. The number of benzene rings is 1. The highest BCUT2D eigenvalue weighted by atomic mass is 19.1. The molecule has 1 aromatic carbocycles. The van der Waals surface area contributed by atoms with Crippen LogP contribution < -0.4 is 5.32 Å². The first-order valence-electron chi connectivity index (χ1n) is 6.74. The van der Waals surface area contributed by atoms with Crippen LogP contribution in [0.5, 0.6) is 0 Å². The number of nitrogens with zero attached hydrogens (tertiary/aromatic N) is 1. The number of fused-ring (bicyclic) bond motifs is 1. The Morgan fingerprint density at radius 2 is 2.14 bits per heavy atom. The first-order valence-corrected chi connectivity index (χ1v) is 6.74. The molecule has 0 aliphatic carbocycles. The molecule has 21 heavy (non-hydrogen) atoms. The molecule has 0 fully saturated rings. The van der Waals surface area contributed by atoms with Gasteiger partial charge < -0.3 is 10.3 Å². The van der Waals surface area contributed by atoms with Crippen molar-refractivity contribution in [2.75, 3.05) is 0 Å². The van der Waals surface area contributed by atoms with Crippen molar-refractivity contribution in [1.82, 2.24) is 15.3 Å². The van der Waals surface area contributed by atoms with Crippen LogP contribution >= 0.6 is 0 Å². The van der Waals surface area contributed by atoms with Crippen LogP contribution in [0.15, 0.2) is 42.7 Å². The van der Waals surface area contributed by atoms with Gasteiger partial charge in [-0.1, -0.05) is 0 Å². The maximum atomic E-state index is 13.7. The van der Waals surface area contributed by atoms with E-state index in [4.69, 9.17) is 0 Å². The first-order chi connectivity index (χ1) is 10.1. The zero-order chi connectivity index (χ0) is 14.8. The van der Waals surface area contributed by atoms with Gasteiger partial charge in [-0.15, -0.1) is 0 Å². The van der Waals surface area contributed by atoms with Crippen molar-refractivity contribution in [2.24, 2.45) is 0 Å². The fraction of sp³-hybridized carbons (Fsp3) is 0.188. The number of halogens is 2. The lowest BCUT2D eigenvalue weighted by Crippen LogP contribution is -2.19. The SMILES string of the molecule is CC(NCc1c[nH]c2ncccc12)c1cc(F)ccc1F. The molecule has 2 N–H and O–H groups in total. The Hall–Kier alpha value is -2.27. The highest BCUT2D eigenvalue weighted by Gasteiger charge is 2.12. The summed E-state index contributed by atoms with van der Waals surface area (Å²) in [6, 6.07) is 7.06. The number of aromatic nitrogens is 2. The Morgan fingerprint density at radius 1 is 1.29 bits per heavy atom. The lowest BCUT2D eigenvalue weighted by Gasteiger charge is -2.15. The molecular formula is C16H15F2N3. The molecule has 2 aromatic heterocycles. The summed E-state index contributed by atoms with van der Waals surface area (Å²) in [7, 11) is 0. The summed E-state index contributed by atoms with van der Waals surface area (Å²) >= 11 is 0. The molecule has 2 heterocycles. The van der Waals surface area contributed by atoms with Crippen LogP contribution in [-0.2, 0) is 6.54 Å². The van der Waals surface area contributed by atoms with E-state index in [2.05, 4.69) is 15.3 Å². The number of hydrogen-bond acceptors (Lipinski definition) is 2. The molecule has 0 aliphatic rings. The van der Waals surface area contributed by atoms with Gasteiger partial charge in [-0.2, -0.15) is 0 Å². The lowest BCUT2D eigenvalue weighted by atomic mass is 10.1. The van der Waals surface area contributed by atoms with Gasteiger partial charge in [0.1, 0.15) is 17.3 Å². The first kappa shape index (κ1) is 13.7. The van der Waals surface area contributed by atoms with Gasteiger partial charge in [0, 0.05) is 35.9 Å². The monoisotopic (exact) mass is 287 g/mol. The zero-order valence-corrected chi connectivity index (χ0v) is 11.5. The van der Waals surface area contributed by atoms with Crippen LogP contribution in [-0.4, -0.2) is 9.97 Å². The second kappa shape index (κ2) is 5.61. The van der Waals surface area contributed by atoms with E-state index in [9.17, 15) is 8.78 Å². The standard InChI is InChI=1S/C16H15F2N3/c1-10(14-7-12(17)4-5-15(14)18)20-8-11-9-21-16-13(11)3-2-6-19-16/h2-7,9-10,20H,8H2,1H3,(H,19,21). The molecule has 0 saturated carbocycles. The van der Waals surface area contributed by atoms with E-state index >= 15 is 0 Å². The summed E-state index contributed by atoms with van der Waals surface area (Å²) in [5, 5.41) is 4.23.